The molecule has 0 bridgehead atoms. The average molecular weight is 332 g/mol. The lowest BCUT2D eigenvalue weighted by Gasteiger charge is -2.29. The van der Waals surface area contributed by atoms with Gasteiger partial charge >= 0.3 is 0 Å². The van der Waals surface area contributed by atoms with Crippen LogP contribution in [0.1, 0.15) is 28.4 Å². The number of carbonyl (C=O) groups is 2. The van der Waals surface area contributed by atoms with Gasteiger partial charge in [-0.15, -0.1) is 0 Å². The van der Waals surface area contributed by atoms with E-state index < -0.39 is 0 Å². The maximum absolute atomic E-state index is 12.5. The van der Waals surface area contributed by atoms with E-state index in [0.29, 0.717) is 31.6 Å². The molecular formula is C17H24N4O3. The molecule has 130 valence electrons. The molecule has 1 N–H and O–H groups in total. The van der Waals surface area contributed by atoms with E-state index in [1.165, 1.54) is 0 Å². The van der Waals surface area contributed by atoms with Gasteiger partial charge in [0.2, 0.25) is 5.91 Å². The highest BCUT2D eigenvalue weighted by molar-refractivity contribution is 5.95. The van der Waals surface area contributed by atoms with Crippen molar-refractivity contribution in [3.63, 3.8) is 0 Å². The van der Waals surface area contributed by atoms with E-state index in [9.17, 15) is 9.59 Å². The summed E-state index contributed by atoms with van der Waals surface area (Å²) >= 11 is 0. The molecule has 1 aromatic rings. The Morgan fingerprint density at radius 2 is 2.04 bits per heavy atom. The lowest BCUT2D eigenvalue weighted by atomic mass is 9.96. The van der Waals surface area contributed by atoms with Gasteiger partial charge in [-0.25, -0.2) is 0 Å². The normalized spacial score (nSPS) is 18.1. The average Bonchev–Trinajstić information content (AvgIpc) is 2.61. The molecule has 7 heteroatoms. The number of hydrogen-bond acceptors (Lipinski definition) is 5. The number of pyridine rings is 1. The lowest BCUT2D eigenvalue weighted by molar-refractivity contribution is -0.129. The molecule has 0 atom stereocenters. The Labute approximate surface area is 142 Å². The number of rotatable bonds is 4. The first-order chi connectivity index (χ1) is 11.6. The fourth-order valence-electron chi connectivity index (χ4n) is 3.21. The maximum Gasteiger partial charge on any atom is 0.253 e. The van der Waals surface area contributed by atoms with Crippen LogP contribution in [-0.2, 0) is 22.5 Å². The summed E-state index contributed by atoms with van der Waals surface area (Å²) < 4.78 is 5.32. The summed E-state index contributed by atoms with van der Waals surface area (Å²) in [5, 5.41) is 2.99. The first-order valence-electron chi connectivity index (χ1n) is 8.44. The zero-order chi connectivity index (χ0) is 16.9. The van der Waals surface area contributed by atoms with E-state index in [1.807, 2.05) is 0 Å². The minimum atomic E-state index is -0.0797. The number of amides is 2. The van der Waals surface area contributed by atoms with Crippen LogP contribution in [-0.4, -0.2) is 72.5 Å². The molecule has 3 heterocycles. The van der Waals surface area contributed by atoms with Crippen LogP contribution in [0.5, 0.6) is 0 Å². The van der Waals surface area contributed by atoms with Gasteiger partial charge in [-0.3, -0.25) is 19.5 Å². The Morgan fingerprint density at radius 1 is 1.25 bits per heavy atom. The summed E-state index contributed by atoms with van der Waals surface area (Å²) in [5.74, 6) is -0.0232. The van der Waals surface area contributed by atoms with Crippen LogP contribution in [0.15, 0.2) is 12.4 Å². The molecule has 2 amide bonds. The van der Waals surface area contributed by atoms with Gasteiger partial charge in [0.1, 0.15) is 0 Å². The minimum Gasteiger partial charge on any atom is -0.379 e. The van der Waals surface area contributed by atoms with Crippen molar-refractivity contribution in [2.45, 2.75) is 19.9 Å². The first kappa shape index (κ1) is 16.9. The van der Waals surface area contributed by atoms with E-state index in [4.69, 9.17) is 4.74 Å². The third kappa shape index (κ3) is 3.91. The summed E-state index contributed by atoms with van der Waals surface area (Å²) in [6, 6.07) is 0. The van der Waals surface area contributed by atoms with Gasteiger partial charge in [-0.2, -0.15) is 0 Å². The highest BCUT2D eigenvalue weighted by atomic mass is 16.5. The van der Waals surface area contributed by atoms with Gasteiger partial charge in [0.25, 0.3) is 5.91 Å². The summed E-state index contributed by atoms with van der Waals surface area (Å²) in [6.07, 6.45) is 4.09. The van der Waals surface area contributed by atoms with Crippen molar-refractivity contribution in [1.29, 1.82) is 0 Å². The van der Waals surface area contributed by atoms with Crippen LogP contribution in [0.25, 0.3) is 0 Å². The Bertz CT molecular complexity index is 614. The Balaban J connectivity index is 1.59. The Kier molecular flexibility index (Phi) is 5.42. The van der Waals surface area contributed by atoms with E-state index in [2.05, 4.69) is 15.2 Å². The molecule has 3 rings (SSSR count). The number of nitrogens with zero attached hydrogens (tertiary/aromatic N) is 3. The second-order valence-corrected chi connectivity index (χ2v) is 6.23. The molecular weight excluding hydrogens is 308 g/mol. The van der Waals surface area contributed by atoms with Gasteiger partial charge in [0, 0.05) is 58.6 Å². The molecule has 1 aromatic heterocycles. The molecule has 0 unspecified atom stereocenters. The number of fused-ring (bicyclic) bond motifs is 1. The Morgan fingerprint density at radius 3 is 2.79 bits per heavy atom. The maximum atomic E-state index is 12.5. The number of morpholine rings is 1. The fourth-order valence-corrected chi connectivity index (χ4v) is 3.21. The standard InChI is InChI=1S/C17H24N4O3/c1-13(22)21-4-2-15-14(12-21)10-18-11-16(15)17(23)19-3-5-20-6-8-24-9-7-20/h10-11H,2-9,12H2,1H3,(H,19,23). The molecule has 0 saturated carbocycles. The molecule has 0 aliphatic carbocycles. The summed E-state index contributed by atoms with van der Waals surface area (Å²) in [6.45, 7) is 7.55. The van der Waals surface area contributed by atoms with Crippen LogP contribution >= 0.6 is 0 Å². The molecule has 0 aromatic carbocycles. The van der Waals surface area contributed by atoms with Crippen molar-refractivity contribution in [1.82, 2.24) is 20.1 Å². The van der Waals surface area contributed by atoms with Crippen molar-refractivity contribution in [2.24, 2.45) is 0 Å². The van der Waals surface area contributed by atoms with Crippen LogP contribution in [0.4, 0.5) is 0 Å². The minimum absolute atomic E-state index is 0.0565. The van der Waals surface area contributed by atoms with E-state index in [1.54, 1.807) is 24.2 Å². The van der Waals surface area contributed by atoms with Crippen LogP contribution in [0.2, 0.25) is 0 Å². The highest BCUT2D eigenvalue weighted by Crippen LogP contribution is 2.21. The molecule has 0 spiro atoms. The molecule has 24 heavy (non-hydrogen) atoms. The molecule has 1 fully saturated rings. The quantitative estimate of drug-likeness (QED) is 0.843. The van der Waals surface area contributed by atoms with Gasteiger partial charge in [0.15, 0.2) is 0 Å². The number of nitrogens with one attached hydrogen (secondary N) is 1. The van der Waals surface area contributed by atoms with E-state index in [-0.39, 0.29) is 11.8 Å². The van der Waals surface area contributed by atoms with Crippen LogP contribution < -0.4 is 5.32 Å². The van der Waals surface area contributed by atoms with Crippen molar-refractivity contribution in [2.75, 3.05) is 45.9 Å². The first-order valence-corrected chi connectivity index (χ1v) is 8.44. The number of hydrogen-bond donors (Lipinski definition) is 1. The molecule has 7 nitrogen and oxygen atoms in total. The molecule has 2 aliphatic rings. The third-order valence-electron chi connectivity index (χ3n) is 4.65. The number of aromatic nitrogens is 1. The summed E-state index contributed by atoms with van der Waals surface area (Å²) in [4.78, 5) is 32.3. The zero-order valence-corrected chi connectivity index (χ0v) is 14.1. The number of carbonyl (C=O) groups excluding carboxylic acids is 2. The molecule has 2 aliphatic heterocycles. The second-order valence-electron chi connectivity index (χ2n) is 6.23. The van der Waals surface area contributed by atoms with Gasteiger partial charge in [0.05, 0.1) is 18.8 Å². The predicted octanol–water partition coefficient (Wildman–Crippen LogP) is 0.0482. The van der Waals surface area contributed by atoms with E-state index in [0.717, 1.165) is 44.0 Å². The van der Waals surface area contributed by atoms with Gasteiger partial charge in [-0.05, 0) is 17.5 Å². The lowest BCUT2D eigenvalue weighted by Crippen LogP contribution is -2.41. The van der Waals surface area contributed by atoms with Gasteiger partial charge < -0.3 is 15.0 Å². The largest absolute Gasteiger partial charge is 0.379 e. The van der Waals surface area contributed by atoms with E-state index >= 15 is 0 Å². The van der Waals surface area contributed by atoms with Crippen molar-refractivity contribution >= 4 is 11.8 Å². The Hall–Kier alpha value is -1.99. The highest BCUT2D eigenvalue weighted by Gasteiger charge is 2.23. The summed E-state index contributed by atoms with van der Waals surface area (Å²) in [7, 11) is 0. The molecule has 1 saturated heterocycles. The molecule has 0 radical (unpaired) electrons. The number of ether oxygens (including phenoxy) is 1. The predicted molar refractivity (Wildman–Crippen MR) is 88.6 cm³/mol. The van der Waals surface area contributed by atoms with Crippen LogP contribution in [0.3, 0.4) is 0 Å². The SMILES string of the molecule is CC(=O)N1CCc2c(cncc2C(=O)NCCN2CCOCC2)C1. The van der Waals surface area contributed by atoms with Crippen LogP contribution in [0, 0.1) is 0 Å². The second kappa shape index (κ2) is 7.72. The van der Waals surface area contributed by atoms with Crippen molar-refractivity contribution < 1.29 is 14.3 Å². The topological polar surface area (TPSA) is 74.8 Å². The summed E-state index contributed by atoms with van der Waals surface area (Å²) in [5.41, 5.74) is 2.63. The fraction of sp³-hybridized carbons (Fsp3) is 0.588. The third-order valence-corrected chi connectivity index (χ3v) is 4.65. The van der Waals surface area contributed by atoms with Crippen molar-refractivity contribution in [3.8, 4) is 0 Å². The van der Waals surface area contributed by atoms with Crippen molar-refractivity contribution in [3.05, 3.63) is 29.1 Å². The zero-order valence-electron chi connectivity index (χ0n) is 14.1. The van der Waals surface area contributed by atoms with Gasteiger partial charge in [-0.1, -0.05) is 0 Å². The monoisotopic (exact) mass is 332 g/mol. The smallest absolute Gasteiger partial charge is 0.253 e.